The molecule has 23 heavy (non-hydrogen) atoms. The summed E-state index contributed by atoms with van der Waals surface area (Å²) in [6, 6.07) is 6.96. The van der Waals surface area contributed by atoms with Gasteiger partial charge in [-0.1, -0.05) is 0 Å². The quantitative estimate of drug-likeness (QED) is 0.814. The van der Waals surface area contributed by atoms with Gasteiger partial charge in [0.1, 0.15) is 0 Å². The zero-order valence-electron chi connectivity index (χ0n) is 13.6. The van der Waals surface area contributed by atoms with Crippen LogP contribution in [0.1, 0.15) is 13.3 Å². The van der Waals surface area contributed by atoms with Gasteiger partial charge in [0, 0.05) is 38.1 Å². The van der Waals surface area contributed by atoms with Gasteiger partial charge in [0.2, 0.25) is 0 Å². The summed E-state index contributed by atoms with van der Waals surface area (Å²) in [5, 5.41) is 0. The third-order valence-electron chi connectivity index (χ3n) is 3.92. The SMILES string of the molecule is CCN(c1ccc(NS(=O)(=O)N(C)C)cc1)C1CCS(=O)(=O)C1. The molecule has 1 N–H and O–H groups in total. The largest absolute Gasteiger partial charge is 0.368 e. The number of sulfone groups is 1. The van der Waals surface area contributed by atoms with Crippen LogP contribution in [-0.2, 0) is 20.0 Å². The first-order valence-electron chi connectivity index (χ1n) is 7.42. The zero-order chi connectivity index (χ0) is 17.3. The Labute approximate surface area is 138 Å². The lowest BCUT2D eigenvalue weighted by atomic mass is 10.2. The molecule has 0 bridgehead atoms. The number of benzene rings is 1. The van der Waals surface area contributed by atoms with Crippen LogP contribution in [0, 0.1) is 0 Å². The fourth-order valence-electron chi connectivity index (χ4n) is 2.63. The van der Waals surface area contributed by atoms with Crippen LogP contribution >= 0.6 is 0 Å². The van der Waals surface area contributed by atoms with E-state index in [9.17, 15) is 16.8 Å². The molecule has 0 radical (unpaired) electrons. The van der Waals surface area contributed by atoms with Crippen LogP contribution in [-0.4, -0.2) is 59.3 Å². The van der Waals surface area contributed by atoms with E-state index in [1.165, 1.54) is 14.1 Å². The molecule has 0 aliphatic carbocycles. The Bertz CT molecular complexity index is 743. The van der Waals surface area contributed by atoms with Crippen molar-refractivity contribution in [3.05, 3.63) is 24.3 Å². The lowest BCUT2D eigenvalue weighted by molar-refractivity contribution is 0.527. The average molecular weight is 361 g/mol. The monoisotopic (exact) mass is 361 g/mol. The Morgan fingerprint density at radius 3 is 2.26 bits per heavy atom. The molecule has 1 atom stereocenters. The van der Waals surface area contributed by atoms with E-state index in [0.29, 0.717) is 18.7 Å². The molecule has 0 amide bonds. The first kappa shape index (κ1) is 18.0. The van der Waals surface area contributed by atoms with Gasteiger partial charge in [-0.2, -0.15) is 12.7 Å². The Morgan fingerprint density at radius 2 is 1.83 bits per heavy atom. The van der Waals surface area contributed by atoms with Crippen molar-refractivity contribution in [3.8, 4) is 0 Å². The van der Waals surface area contributed by atoms with Crippen molar-refractivity contribution in [2.45, 2.75) is 19.4 Å². The summed E-state index contributed by atoms with van der Waals surface area (Å²) >= 11 is 0. The fraction of sp³-hybridized carbons (Fsp3) is 0.571. The summed E-state index contributed by atoms with van der Waals surface area (Å²) in [5.41, 5.74) is 1.36. The molecule has 1 saturated heterocycles. The second-order valence-electron chi connectivity index (χ2n) is 5.78. The maximum atomic E-state index is 11.8. The van der Waals surface area contributed by atoms with E-state index in [1.807, 2.05) is 19.1 Å². The molecule has 1 aromatic carbocycles. The Balaban J connectivity index is 2.15. The van der Waals surface area contributed by atoms with Crippen LogP contribution in [0.25, 0.3) is 0 Å². The predicted molar refractivity (Wildman–Crippen MR) is 92.8 cm³/mol. The molecule has 0 saturated carbocycles. The van der Waals surface area contributed by atoms with Gasteiger partial charge in [-0.3, -0.25) is 4.72 Å². The molecule has 1 aliphatic heterocycles. The maximum Gasteiger partial charge on any atom is 0.301 e. The van der Waals surface area contributed by atoms with Gasteiger partial charge in [0.15, 0.2) is 9.84 Å². The molecule has 130 valence electrons. The second-order valence-corrected chi connectivity index (χ2v) is 9.89. The van der Waals surface area contributed by atoms with E-state index in [2.05, 4.69) is 9.62 Å². The minimum Gasteiger partial charge on any atom is -0.368 e. The number of rotatable bonds is 6. The molecule has 1 unspecified atom stereocenters. The topological polar surface area (TPSA) is 86.8 Å². The minimum absolute atomic E-state index is 0.0192. The molecule has 0 spiro atoms. The van der Waals surface area contributed by atoms with Crippen LogP contribution in [0.3, 0.4) is 0 Å². The van der Waals surface area contributed by atoms with E-state index in [1.54, 1.807) is 12.1 Å². The number of anilines is 2. The van der Waals surface area contributed by atoms with Gasteiger partial charge < -0.3 is 4.90 Å². The van der Waals surface area contributed by atoms with Gasteiger partial charge >= 0.3 is 10.2 Å². The van der Waals surface area contributed by atoms with Crippen LogP contribution in [0.2, 0.25) is 0 Å². The number of hydrogen-bond acceptors (Lipinski definition) is 5. The average Bonchev–Trinajstić information content (AvgIpc) is 2.81. The van der Waals surface area contributed by atoms with Crippen molar-refractivity contribution in [1.29, 1.82) is 0 Å². The van der Waals surface area contributed by atoms with Crippen molar-refractivity contribution >= 4 is 31.4 Å². The van der Waals surface area contributed by atoms with Crippen LogP contribution in [0.15, 0.2) is 24.3 Å². The van der Waals surface area contributed by atoms with Crippen molar-refractivity contribution in [3.63, 3.8) is 0 Å². The lowest BCUT2D eigenvalue weighted by Gasteiger charge is -2.29. The summed E-state index contributed by atoms with van der Waals surface area (Å²) in [4.78, 5) is 2.05. The van der Waals surface area contributed by atoms with E-state index in [0.717, 1.165) is 9.99 Å². The smallest absolute Gasteiger partial charge is 0.301 e. The third-order valence-corrected chi connectivity index (χ3v) is 7.12. The van der Waals surface area contributed by atoms with Crippen LogP contribution < -0.4 is 9.62 Å². The summed E-state index contributed by atoms with van der Waals surface area (Å²) < 4.78 is 50.5. The summed E-state index contributed by atoms with van der Waals surface area (Å²) in [6.07, 6.45) is 0.630. The van der Waals surface area contributed by atoms with E-state index in [-0.39, 0.29) is 17.5 Å². The van der Waals surface area contributed by atoms with Gasteiger partial charge in [0.25, 0.3) is 0 Å². The molecule has 1 fully saturated rings. The molecule has 2 rings (SSSR count). The van der Waals surface area contributed by atoms with E-state index < -0.39 is 20.0 Å². The number of nitrogens with one attached hydrogen (secondary N) is 1. The van der Waals surface area contributed by atoms with Crippen molar-refractivity contribution < 1.29 is 16.8 Å². The third kappa shape index (κ3) is 4.36. The highest BCUT2D eigenvalue weighted by atomic mass is 32.2. The minimum atomic E-state index is -3.53. The van der Waals surface area contributed by atoms with Crippen LogP contribution in [0.4, 0.5) is 11.4 Å². The fourth-order valence-corrected chi connectivity index (χ4v) is 4.98. The van der Waals surface area contributed by atoms with Gasteiger partial charge in [-0.15, -0.1) is 0 Å². The Morgan fingerprint density at radius 1 is 1.22 bits per heavy atom. The number of hydrogen-bond donors (Lipinski definition) is 1. The molecule has 1 aromatic rings. The maximum absolute atomic E-state index is 11.8. The van der Waals surface area contributed by atoms with Crippen molar-refractivity contribution in [1.82, 2.24) is 4.31 Å². The lowest BCUT2D eigenvalue weighted by Crippen LogP contribution is -2.36. The first-order valence-corrected chi connectivity index (χ1v) is 10.7. The van der Waals surface area contributed by atoms with E-state index in [4.69, 9.17) is 0 Å². The highest BCUT2D eigenvalue weighted by Gasteiger charge is 2.31. The van der Waals surface area contributed by atoms with E-state index >= 15 is 0 Å². The Hall–Kier alpha value is -1.32. The standard InChI is InChI=1S/C14H23N3O4S2/c1-4-17(14-9-10-22(18,19)11-14)13-7-5-12(6-8-13)15-23(20,21)16(2)3/h5-8,14-15H,4,9-11H2,1-3H3. The highest BCUT2D eigenvalue weighted by molar-refractivity contribution is 7.91. The summed E-state index contributed by atoms with van der Waals surface area (Å²) in [6.45, 7) is 2.68. The van der Waals surface area contributed by atoms with Gasteiger partial charge in [0.05, 0.1) is 11.5 Å². The predicted octanol–water partition coefficient (Wildman–Crippen LogP) is 0.918. The summed E-state index contributed by atoms with van der Waals surface area (Å²) in [7, 11) is -3.56. The molecule has 7 nitrogen and oxygen atoms in total. The van der Waals surface area contributed by atoms with Crippen LogP contribution in [0.5, 0.6) is 0 Å². The highest BCUT2D eigenvalue weighted by Crippen LogP contribution is 2.25. The molecule has 9 heteroatoms. The Kier molecular flexibility index (Phi) is 5.22. The second kappa shape index (κ2) is 6.66. The molecule has 1 heterocycles. The first-order chi connectivity index (χ1) is 10.6. The zero-order valence-corrected chi connectivity index (χ0v) is 15.2. The normalized spacial score (nSPS) is 20.6. The molecule has 1 aliphatic rings. The molecule has 0 aromatic heterocycles. The van der Waals surface area contributed by atoms with Gasteiger partial charge in [-0.05, 0) is 37.6 Å². The van der Waals surface area contributed by atoms with Gasteiger partial charge in [-0.25, -0.2) is 8.42 Å². The van der Waals surface area contributed by atoms with Crippen molar-refractivity contribution in [2.75, 3.05) is 41.8 Å². The van der Waals surface area contributed by atoms with Crippen molar-refractivity contribution in [2.24, 2.45) is 0 Å². The number of nitrogens with zero attached hydrogens (tertiary/aromatic N) is 2. The summed E-state index contributed by atoms with van der Waals surface area (Å²) in [5.74, 6) is 0.407. The molecular formula is C14H23N3O4S2. The molecular weight excluding hydrogens is 338 g/mol.